The molecule has 4 heterocycles. The van der Waals surface area contributed by atoms with Crippen molar-refractivity contribution in [2.75, 3.05) is 21.3 Å². The molecule has 8 N–H and O–H groups in total. The Kier molecular flexibility index (Phi) is 17.6. The molecule has 0 radical (unpaired) electrons. The number of imidazole rings is 2. The maximum absolute atomic E-state index is 12.9. The van der Waals surface area contributed by atoms with Crippen molar-refractivity contribution in [3.63, 3.8) is 0 Å². The van der Waals surface area contributed by atoms with E-state index < -0.39 is 5.97 Å². The maximum atomic E-state index is 12.9. The van der Waals surface area contributed by atoms with Crippen LogP contribution in [-0.2, 0) is 36.8 Å². The van der Waals surface area contributed by atoms with Crippen LogP contribution in [0.3, 0.4) is 0 Å². The summed E-state index contributed by atoms with van der Waals surface area (Å²) in [5.41, 5.74) is 15.9. The van der Waals surface area contributed by atoms with Crippen LogP contribution >= 0.6 is 0 Å². The molecule has 0 bridgehead atoms. The third-order valence-corrected chi connectivity index (χ3v) is 11.4. The Morgan fingerprint density at radius 2 is 0.974 bits per heavy atom. The first-order valence-electron chi connectivity index (χ1n) is 23.5. The molecule has 0 aliphatic heterocycles. The predicted molar refractivity (Wildman–Crippen MR) is 297 cm³/mol. The van der Waals surface area contributed by atoms with Crippen LogP contribution in [0, 0.1) is 0 Å². The number of nitrogens with two attached hydrogens (primary N) is 1. The van der Waals surface area contributed by atoms with Crippen molar-refractivity contribution >= 4 is 80.4 Å². The van der Waals surface area contributed by atoms with Gasteiger partial charge in [0.2, 0.25) is 23.7 Å². The standard InChI is InChI=1S/C28H25N7O2.C19H16N4O3.C9H11N3.CH4/c1-18(36)31-21-9-5-7-19(15-21)23-13-14-29-28(34-23)32-22-10-6-8-20(16-22)27(37)30-17-26-33-24-11-3-4-12-25(24)35(26)2;1-12(24)21-15-6-2-4-13(10-15)17-8-9-20-19(23-17)22-16-7-3-5-14(11-16)18(25)26;1-12-8-5-3-2-4-7(8)11-9(12)6-10;/h3-16H,17H2,1-2H3,(H,30,37)(H,31,36)(H,29,32,34);2-11H,1H3,(H,21,24)(H,25,26)(H,20,22,23);2-5H,6,10H2,1H3;1H4. The number of aromatic nitrogens is 8. The Hall–Kier alpha value is -10.1. The van der Waals surface area contributed by atoms with Gasteiger partial charge in [-0.15, -0.1) is 0 Å². The molecule has 10 aromatic rings. The van der Waals surface area contributed by atoms with E-state index in [0.29, 0.717) is 64.7 Å². The second-order valence-corrected chi connectivity index (χ2v) is 16.8. The minimum absolute atomic E-state index is 0. The second-order valence-electron chi connectivity index (χ2n) is 16.8. The monoisotopic (exact) mass is 1020 g/mol. The van der Waals surface area contributed by atoms with Crippen LogP contribution in [-0.4, -0.2) is 67.8 Å². The summed E-state index contributed by atoms with van der Waals surface area (Å²) in [6, 6.07) is 47.7. The summed E-state index contributed by atoms with van der Waals surface area (Å²) in [6.45, 7) is 3.72. The van der Waals surface area contributed by atoms with E-state index in [9.17, 15) is 19.2 Å². The number of carboxylic acid groups (broad SMARTS) is 1. The molecule has 0 atom stereocenters. The summed E-state index contributed by atoms with van der Waals surface area (Å²) in [4.78, 5) is 73.0. The van der Waals surface area contributed by atoms with Gasteiger partial charge in [-0.3, -0.25) is 14.4 Å². The highest BCUT2D eigenvalue weighted by Gasteiger charge is 2.13. The average molecular weight is 1020 g/mol. The molecule has 0 saturated carbocycles. The molecule has 6 aromatic carbocycles. The molecule has 19 nitrogen and oxygen atoms in total. The number of hydrogen-bond acceptors (Lipinski definition) is 13. The SMILES string of the molecule is C.CC(=O)Nc1cccc(-c2ccnc(Nc3cccc(C(=O)NCc4nc5ccccc5n4C)c3)n2)c1.CC(=O)Nc1cccc(-c2ccnc(Nc3cccc(C(=O)O)c3)n2)c1.Cn1c(CN)nc2ccccc21. The Labute approximate surface area is 438 Å². The molecule has 0 unspecified atom stereocenters. The lowest BCUT2D eigenvalue weighted by atomic mass is 10.1. The van der Waals surface area contributed by atoms with E-state index in [4.69, 9.17) is 10.8 Å². The summed E-state index contributed by atoms with van der Waals surface area (Å²) in [5.74, 6) is 0.936. The van der Waals surface area contributed by atoms with E-state index >= 15 is 0 Å². The van der Waals surface area contributed by atoms with Gasteiger partial charge in [0.15, 0.2) is 0 Å². The van der Waals surface area contributed by atoms with E-state index in [0.717, 1.165) is 44.8 Å². The first kappa shape index (κ1) is 53.7. The Morgan fingerprint density at radius 1 is 0.526 bits per heavy atom. The van der Waals surface area contributed by atoms with Gasteiger partial charge in [-0.2, -0.15) is 0 Å². The third-order valence-electron chi connectivity index (χ3n) is 11.4. The molecule has 384 valence electrons. The molecule has 0 aliphatic carbocycles. The first-order valence-corrected chi connectivity index (χ1v) is 23.5. The van der Waals surface area contributed by atoms with Crippen LogP contribution in [0.5, 0.6) is 0 Å². The molecule has 76 heavy (non-hydrogen) atoms. The van der Waals surface area contributed by atoms with E-state index in [1.807, 2.05) is 120 Å². The molecular weight excluding hydrogens is 961 g/mol. The molecule has 0 fully saturated rings. The van der Waals surface area contributed by atoms with E-state index in [-0.39, 0.29) is 30.7 Å². The van der Waals surface area contributed by atoms with Crippen molar-refractivity contribution in [1.29, 1.82) is 0 Å². The highest BCUT2D eigenvalue weighted by molar-refractivity contribution is 5.95. The fraction of sp³-hybridized carbons (Fsp3) is 0.123. The quantitative estimate of drug-likeness (QED) is 0.0567. The van der Waals surface area contributed by atoms with Gasteiger partial charge in [0.25, 0.3) is 5.91 Å². The molecule has 0 aliphatic rings. The van der Waals surface area contributed by atoms with Gasteiger partial charge in [-0.25, -0.2) is 34.7 Å². The number of nitrogens with zero attached hydrogens (tertiary/aromatic N) is 8. The number of para-hydroxylation sites is 4. The number of benzene rings is 6. The predicted octanol–water partition coefficient (Wildman–Crippen LogP) is 9.87. The molecule has 10 rings (SSSR count). The summed E-state index contributed by atoms with van der Waals surface area (Å²) in [7, 11) is 3.92. The number of hydrogen-bond donors (Lipinski definition) is 7. The van der Waals surface area contributed by atoms with Crippen LogP contribution in [0.2, 0.25) is 0 Å². The fourth-order valence-corrected chi connectivity index (χ4v) is 7.80. The fourth-order valence-electron chi connectivity index (χ4n) is 7.80. The minimum atomic E-state index is -1.00. The lowest BCUT2D eigenvalue weighted by molar-refractivity contribution is -0.115. The zero-order valence-electron chi connectivity index (χ0n) is 41.3. The first-order chi connectivity index (χ1) is 36.3. The number of anilines is 6. The van der Waals surface area contributed by atoms with Crippen molar-refractivity contribution in [2.45, 2.75) is 34.4 Å². The maximum Gasteiger partial charge on any atom is 0.335 e. The molecule has 0 saturated heterocycles. The number of aryl methyl sites for hydroxylation is 2. The Morgan fingerprint density at radius 3 is 1.46 bits per heavy atom. The highest BCUT2D eigenvalue weighted by atomic mass is 16.4. The highest BCUT2D eigenvalue weighted by Crippen LogP contribution is 2.25. The van der Waals surface area contributed by atoms with Gasteiger partial charge in [0.1, 0.15) is 11.6 Å². The lowest BCUT2D eigenvalue weighted by Crippen LogP contribution is -2.24. The zero-order chi connectivity index (χ0) is 52.8. The van der Waals surface area contributed by atoms with E-state index in [2.05, 4.69) is 56.5 Å². The van der Waals surface area contributed by atoms with Gasteiger partial charge < -0.3 is 46.6 Å². The number of fused-ring (bicyclic) bond motifs is 2. The molecule has 4 aromatic heterocycles. The Balaban J connectivity index is 0.000000186. The van der Waals surface area contributed by atoms with Crippen LogP contribution in [0.4, 0.5) is 34.6 Å². The minimum Gasteiger partial charge on any atom is -0.478 e. The molecule has 19 heteroatoms. The van der Waals surface area contributed by atoms with Crippen molar-refractivity contribution in [3.05, 3.63) is 193 Å². The van der Waals surface area contributed by atoms with Gasteiger partial charge in [-0.1, -0.05) is 68.1 Å². The number of carbonyl (C=O) groups excluding carboxylic acids is 3. The van der Waals surface area contributed by atoms with Crippen LogP contribution in [0.15, 0.2) is 170 Å². The number of rotatable bonds is 13. The third kappa shape index (κ3) is 13.9. The molecule has 0 spiro atoms. The van der Waals surface area contributed by atoms with Gasteiger partial charge in [-0.05, 0) is 97.1 Å². The number of carbonyl (C=O) groups is 4. The van der Waals surface area contributed by atoms with Gasteiger partial charge in [0, 0.05) is 79.8 Å². The number of nitrogens with one attached hydrogen (secondary N) is 5. The largest absolute Gasteiger partial charge is 0.478 e. The summed E-state index contributed by atoms with van der Waals surface area (Å²) < 4.78 is 4.00. The van der Waals surface area contributed by atoms with E-state index in [1.165, 1.54) is 26.0 Å². The molecule has 3 amide bonds. The smallest absolute Gasteiger partial charge is 0.335 e. The summed E-state index contributed by atoms with van der Waals surface area (Å²) in [5, 5.41) is 23.7. The molecular formula is C57H56N14O5. The number of carboxylic acids is 1. The van der Waals surface area contributed by atoms with Crippen LogP contribution in [0.25, 0.3) is 44.6 Å². The topological polar surface area (TPSA) is 262 Å². The van der Waals surface area contributed by atoms with Crippen LogP contribution in [0.1, 0.15) is 53.6 Å². The van der Waals surface area contributed by atoms with Crippen molar-refractivity contribution in [3.8, 4) is 22.5 Å². The van der Waals surface area contributed by atoms with Gasteiger partial charge in [0.05, 0.1) is 52.1 Å². The summed E-state index contributed by atoms with van der Waals surface area (Å²) in [6.07, 6.45) is 3.26. The zero-order valence-corrected chi connectivity index (χ0v) is 41.3. The van der Waals surface area contributed by atoms with Crippen LogP contribution < -0.4 is 32.3 Å². The van der Waals surface area contributed by atoms with Crippen molar-refractivity contribution < 1.29 is 24.3 Å². The number of amides is 3. The van der Waals surface area contributed by atoms with Gasteiger partial charge >= 0.3 is 5.97 Å². The lowest BCUT2D eigenvalue weighted by Gasteiger charge is -2.10. The van der Waals surface area contributed by atoms with E-state index in [1.54, 1.807) is 60.9 Å². The number of aromatic carboxylic acids is 1. The normalized spacial score (nSPS) is 10.4. The van der Waals surface area contributed by atoms with Crippen molar-refractivity contribution in [1.82, 2.24) is 44.4 Å². The Bertz CT molecular complexity index is 3690. The summed E-state index contributed by atoms with van der Waals surface area (Å²) >= 11 is 0. The van der Waals surface area contributed by atoms with Crippen molar-refractivity contribution in [2.24, 2.45) is 19.8 Å². The second kappa shape index (κ2) is 25.0. The average Bonchev–Trinajstić information content (AvgIpc) is 3.93.